The first-order chi connectivity index (χ1) is 13.1. The van der Waals surface area contributed by atoms with Gasteiger partial charge >= 0.3 is 0 Å². The maximum absolute atomic E-state index is 12.4. The molecule has 0 radical (unpaired) electrons. The fraction of sp³-hybridized carbons (Fsp3) is 0.100. The maximum Gasteiger partial charge on any atom is 0.262 e. The summed E-state index contributed by atoms with van der Waals surface area (Å²) in [5.41, 5.74) is 0.778. The molecule has 3 rings (SSSR count). The van der Waals surface area contributed by atoms with Crippen LogP contribution in [0, 0.1) is 0 Å². The van der Waals surface area contributed by atoms with Crippen LogP contribution in [0.15, 0.2) is 75.8 Å². The molecular weight excluding hydrogens is 412 g/mol. The van der Waals surface area contributed by atoms with Gasteiger partial charge in [-0.15, -0.1) is 0 Å². The first-order valence-electron chi connectivity index (χ1n) is 8.19. The first kappa shape index (κ1) is 18.7. The molecule has 0 unspecified atom stereocenters. The summed E-state index contributed by atoms with van der Waals surface area (Å²) in [6.07, 6.45) is 1.54. The lowest BCUT2D eigenvalue weighted by molar-refractivity contribution is -0.118. The van der Waals surface area contributed by atoms with Gasteiger partial charge in [-0.1, -0.05) is 28.1 Å². The van der Waals surface area contributed by atoms with E-state index in [4.69, 9.17) is 9.15 Å². The van der Waals surface area contributed by atoms with Crippen molar-refractivity contribution in [2.75, 3.05) is 11.9 Å². The molecule has 7 heteroatoms. The zero-order valence-electron chi connectivity index (χ0n) is 14.3. The molecule has 0 atom stereocenters. The minimum atomic E-state index is -0.357. The summed E-state index contributed by atoms with van der Waals surface area (Å²) in [4.78, 5) is 24.6. The lowest BCUT2D eigenvalue weighted by Crippen LogP contribution is -2.26. The molecule has 1 aromatic heterocycles. The Morgan fingerprint density at radius 3 is 2.52 bits per heavy atom. The average molecular weight is 429 g/mol. The summed E-state index contributed by atoms with van der Waals surface area (Å²) < 4.78 is 11.6. The van der Waals surface area contributed by atoms with E-state index in [0.29, 0.717) is 22.8 Å². The monoisotopic (exact) mass is 428 g/mol. The maximum atomic E-state index is 12.4. The number of ether oxygens (including phenoxy) is 1. The summed E-state index contributed by atoms with van der Waals surface area (Å²) in [6.45, 7) is 0.102. The third kappa shape index (κ3) is 5.46. The normalized spacial score (nSPS) is 10.3. The fourth-order valence-corrected chi connectivity index (χ4v) is 2.60. The van der Waals surface area contributed by atoms with Crippen molar-refractivity contribution in [3.8, 4) is 5.75 Å². The van der Waals surface area contributed by atoms with Crippen molar-refractivity contribution in [2.24, 2.45) is 0 Å². The van der Waals surface area contributed by atoms with E-state index < -0.39 is 0 Å². The molecule has 0 bridgehead atoms. The molecule has 0 spiro atoms. The van der Waals surface area contributed by atoms with Crippen LogP contribution in [0.1, 0.15) is 16.1 Å². The molecule has 0 aliphatic rings. The molecule has 0 aliphatic heterocycles. The number of furan rings is 1. The average Bonchev–Trinajstić information content (AvgIpc) is 3.20. The van der Waals surface area contributed by atoms with Crippen LogP contribution in [0.4, 0.5) is 5.69 Å². The number of para-hydroxylation sites is 1. The summed E-state index contributed by atoms with van der Waals surface area (Å²) >= 11 is 3.34. The van der Waals surface area contributed by atoms with Crippen LogP contribution in [-0.2, 0) is 11.3 Å². The van der Waals surface area contributed by atoms with Gasteiger partial charge < -0.3 is 19.8 Å². The van der Waals surface area contributed by atoms with E-state index in [-0.39, 0.29) is 25.0 Å². The predicted octanol–water partition coefficient (Wildman–Crippen LogP) is 3.99. The highest BCUT2D eigenvalue weighted by Gasteiger charge is 2.13. The zero-order chi connectivity index (χ0) is 19.1. The van der Waals surface area contributed by atoms with Crippen molar-refractivity contribution in [3.63, 3.8) is 0 Å². The van der Waals surface area contributed by atoms with Gasteiger partial charge in [0.25, 0.3) is 11.8 Å². The zero-order valence-corrected chi connectivity index (χ0v) is 15.9. The van der Waals surface area contributed by atoms with Gasteiger partial charge in [-0.2, -0.15) is 0 Å². The standard InChI is InChI=1S/C20H17BrN2O4/c21-14-7-9-15(10-8-14)27-13-19(24)23-18-6-2-1-5-17(18)20(25)22-12-16-4-3-11-26-16/h1-11H,12-13H2,(H,22,25)(H,23,24). The Balaban J connectivity index is 1.58. The highest BCUT2D eigenvalue weighted by molar-refractivity contribution is 9.10. The Morgan fingerprint density at radius 1 is 1.00 bits per heavy atom. The van der Waals surface area contributed by atoms with E-state index >= 15 is 0 Å². The molecule has 27 heavy (non-hydrogen) atoms. The third-order valence-corrected chi connectivity index (χ3v) is 4.16. The van der Waals surface area contributed by atoms with Crippen molar-refractivity contribution >= 4 is 33.4 Å². The minimum absolute atomic E-state index is 0.163. The van der Waals surface area contributed by atoms with Gasteiger partial charge in [-0.3, -0.25) is 9.59 Å². The molecule has 138 valence electrons. The van der Waals surface area contributed by atoms with Crippen molar-refractivity contribution in [1.82, 2.24) is 5.32 Å². The van der Waals surface area contributed by atoms with E-state index in [0.717, 1.165) is 4.47 Å². The molecule has 2 aromatic carbocycles. The number of halogens is 1. The Hall–Kier alpha value is -3.06. The molecule has 0 aliphatic carbocycles. The lowest BCUT2D eigenvalue weighted by atomic mass is 10.1. The number of carbonyl (C=O) groups excluding carboxylic acids is 2. The van der Waals surface area contributed by atoms with Gasteiger partial charge in [0.05, 0.1) is 24.1 Å². The molecular formula is C20H17BrN2O4. The highest BCUT2D eigenvalue weighted by atomic mass is 79.9. The van der Waals surface area contributed by atoms with Gasteiger partial charge in [-0.05, 0) is 48.5 Å². The van der Waals surface area contributed by atoms with Crippen molar-refractivity contribution in [2.45, 2.75) is 6.54 Å². The van der Waals surface area contributed by atoms with Crippen LogP contribution < -0.4 is 15.4 Å². The lowest BCUT2D eigenvalue weighted by Gasteiger charge is -2.11. The Kier molecular flexibility index (Phi) is 6.27. The molecule has 0 saturated heterocycles. The van der Waals surface area contributed by atoms with Crippen LogP contribution in [0.3, 0.4) is 0 Å². The smallest absolute Gasteiger partial charge is 0.262 e. The van der Waals surface area contributed by atoms with Gasteiger partial charge in [0.15, 0.2) is 6.61 Å². The predicted molar refractivity (Wildman–Crippen MR) is 105 cm³/mol. The SMILES string of the molecule is O=C(COc1ccc(Br)cc1)Nc1ccccc1C(=O)NCc1ccco1. The van der Waals surface area contributed by atoms with Gasteiger partial charge in [0, 0.05) is 4.47 Å². The Bertz CT molecular complexity index is 908. The van der Waals surface area contributed by atoms with E-state index in [1.165, 1.54) is 0 Å². The first-order valence-corrected chi connectivity index (χ1v) is 8.99. The molecule has 2 N–H and O–H groups in total. The van der Waals surface area contributed by atoms with Crippen LogP contribution in [0.5, 0.6) is 5.75 Å². The van der Waals surface area contributed by atoms with Gasteiger partial charge in [0.2, 0.25) is 0 Å². The molecule has 2 amide bonds. The largest absolute Gasteiger partial charge is 0.484 e. The third-order valence-electron chi connectivity index (χ3n) is 3.63. The van der Waals surface area contributed by atoms with Crippen LogP contribution in [0.2, 0.25) is 0 Å². The second-order valence-corrected chi connectivity index (χ2v) is 6.51. The molecule has 0 fully saturated rings. The van der Waals surface area contributed by atoms with Crippen molar-refractivity contribution in [3.05, 3.63) is 82.7 Å². The Labute approximate surface area is 164 Å². The van der Waals surface area contributed by atoms with E-state index in [1.54, 1.807) is 54.8 Å². The Morgan fingerprint density at radius 2 is 1.78 bits per heavy atom. The number of nitrogens with one attached hydrogen (secondary N) is 2. The number of anilines is 1. The second kappa shape index (κ2) is 9.05. The topological polar surface area (TPSA) is 80.6 Å². The van der Waals surface area contributed by atoms with Crippen LogP contribution >= 0.6 is 15.9 Å². The number of hydrogen-bond acceptors (Lipinski definition) is 4. The second-order valence-electron chi connectivity index (χ2n) is 5.60. The summed E-state index contributed by atoms with van der Waals surface area (Å²) in [6, 6.07) is 17.5. The number of hydrogen-bond donors (Lipinski definition) is 2. The molecule has 3 aromatic rings. The van der Waals surface area contributed by atoms with Crippen molar-refractivity contribution in [1.29, 1.82) is 0 Å². The van der Waals surface area contributed by atoms with Crippen LogP contribution in [-0.4, -0.2) is 18.4 Å². The number of carbonyl (C=O) groups is 2. The molecule has 0 saturated carbocycles. The summed E-state index contributed by atoms with van der Waals surface area (Å²) in [5, 5.41) is 5.47. The minimum Gasteiger partial charge on any atom is -0.484 e. The van der Waals surface area contributed by atoms with E-state index in [1.807, 2.05) is 12.1 Å². The molecule has 1 heterocycles. The number of amides is 2. The van der Waals surface area contributed by atoms with Crippen molar-refractivity contribution < 1.29 is 18.7 Å². The highest BCUT2D eigenvalue weighted by Crippen LogP contribution is 2.17. The quantitative estimate of drug-likeness (QED) is 0.595. The van der Waals surface area contributed by atoms with E-state index in [9.17, 15) is 9.59 Å². The summed E-state index contributed by atoms with van der Waals surface area (Å²) in [7, 11) is 0. The van der Waals surface area contributed by atoms with Crippen LogP contribution in [0.25, 0.3) is 0 Å². The van der Waals surface area contributed by atoms with Gasteiger partial charge in [-0.25, -0.2) is 0 Å². The number of rotatable bonds is 7. The van der Waals surface area contributed by atoms with Gasteiger partial charge in [0.1, 0.15) is 11.5 Å². The van der Waals surface area contributed by atoms with E-state index in [2.05, 4.69) is 26.6 Å². The molecule has 6 nitrogen and oxygen atoms in total. The summed E-state index contributed by atoms with van der Waals surface area (Å²) in [5.74, 6) is 0.561. The fourth-order valence-electron chi connectivity index (χ4n) is 2.33. The number of benzene rings is 2.